The zero-order valence-corrected chi connectivity index (χ0v) is 9.32. The summed E-state index contributed by atoms with van der Waals surface area (Å²) in [5.41, 5.74) is 1.27. The Morgan fingerprint density at radius 3 is 2.47 bits per heavy atom. The summed E-state index contributed by atoms with van der Waals surface area (Å²) in [4.78, 5) is 34.5. The molecule has 0 spiro atoms. The zero-order chi connectivity index (χ0) is 13.0. The quantitative estimate of drug-likeness (QED) is 0.647. The molecule has 0 aromatic carbocycles. The van der Waals surface area contributed by atoms with E-state index in [-0.39, 0.29) is 17.8 Å². The van der Waals surface area contributed by atoms with Gasteiger partial charge in [0.15, 0.2) is 6.29 Å². The van der Waals surface area contributed by atoms with E-state index in [2.05, 4.69) is 4.98 Å². The summed E-state index contributed by atoms with van der Waals surface area (Å²) in [6.07, 6.45) is 1.19. The molecular weight excluding hydrogens is 226 g/mol. The van der Waals surface area contributed by atoms with Crippen LogP contribution in [0, 0.1) is 6.92 Å². The topological polar surface area (TPSA) is 107 Å². The molecule has 0 aliphatic rings. The van der Waals surface area contributed by atoms with Gasteiger partial charge in [0, 0.05) is 6.42 Å². The van der Waals surface area contributed by atoms with Crippen LogP contribution < -0.4 is 0 Å². The van der Waals surface area contributed by atoms with Gasteiger partial charge in [-0.05, 0) is 30.9 Å². The second-order valence-corrected chi connectivity index (χ2v) is 3.69. The summed E-state index contributed by atoms with van der Waals surface area (Å²) < 4.78 is 0. The number of rotatable bonds is 6. The van der Waals surface area contributed by atoms with Gasteiger partial charge in [-0.25, -0.2) is 4.79 Å². The van der Waals surface area contributed by atoms with E-state index in [1.165, 1.54) is 0 Å². The number of aliphatic carboxylic acids is 1. The van der Waals surface area contributed by atoms with Gasteiger partial charge in [0.1, 0.15) is 5.69 Å². The molecule has 92 valence electrons. The van der Waals surface area contributed by atoms with Crippen LogP contribution in [0.3, 0.4) is 0 Å². The number of hydrogen-bond donors (Lipinski definition) is 3. The highest BCUT2D eigenvalue weighted by Crippen LogP contribution is 2.19. The summed E-state index contributed by atoms with van der Waals surface area (Å²) in [6.45, 7) is 1.64. The number of H-pyrrole nitrogens is 1. The van der Waals surface area contributed by atoms with Crippen LogP contribution in [0.1, 0.15) is 44.9 Å². The molecule has 6 heteroatoms. The summed E-state index contributed by atoms with van der Waals surface area (Å²) in [7, 11) is 0. The van der Waals surface area contributed by atoms with Crippen molar-refractivity contribution in [3.8, 4) is 0 Å². The molecule has 0 radical (unpaired) electrons. The fraction of sp³-hybridized carbons (Fsp3) is 0.364. The SMILES string of the molecule is Cc1c(C=O)[nH]c(C(=O)O)c1CCCC(=O)O. The zero-order valence-electron chi connectivity index (χ0n) is 9.32. The minimum absolute atomic E-state index is 0.0277. The molecule has 0 aliphatic heterocycles. The molecule has 6 nitrogen and oxygen atoms in total. The van der Waals surface area contributed by atoms with Gasteiger partial charge in [-0.1, -0.05) is 0 Å². The first-order valence-corrected chi connectivity index (χ1v) is 5.09. The van der Waals surface area contributed by atoms with E-state index >= 15 is 0 Å². The van der Waals surface area contributed by atoms with Gasteiger partial charge in [0.25, 0.3) is 0 Å². The van der Waals surface area contributed by atoms with Crippen molar-refractivity contribution in [2.24, 2.45) is 0 Å². The molecule has 1 aromatic heterocycles. The Morgan fingerprint density at radius 1 is 1.35 bits per heavy atom. The van der Waals surface area contributed by atoms with Crippen molar-refractivity contribution in [2.75, 3.05) is 0 Å². The minimum atomic E-state index is -1.15. The van der Waals surface area contributed by atoms with Crippen LogP contribution in [0.5, 0.6) is 0 Å². The summed E-state index contributed by atoms with van der Waals surface area (Å²) >= 11 is 0. The van der Waals surface area contributed by atoms with Crippen LogP contribution in [-0.2, 0) is 11.2 Å². The maximum atomic E-state index is 10.9. The molecule has 1 aromatic rings. The van der Waals surface area contributed by atoms with Gasteiger partial charge in [0.2, 0.25) is 0 Å². The highest BCUT2D eigenvalue weighted by atomic mass is 16.4. The molecule has 1 heterocycles. The van der Waals surface area contributed by atoms with Crippen LogP contribution in [0.15, 0.2) is 0 Å². The maximum absolute atomic E-state index is 10.9. The standard InChI is InChI=1S/C11H13NO5/c1-6-7(3-2-4-9(14)15)10(11(16)17)12-8(6)5-13/h5,12H,2-4H2,1H3,(H,14,15)(H,16,17). The van der Waals surface area contributed by atoms with Crippen molar-refractivity contribution in [1.82, 2.24) is 4.98 Å². The van der Waals surface area contributed by atoms with Crippen LogP contribution in [0.25, 0.3) is 0 Å². The average molecular weight is 239 g/mol. The monoisotopic (exact) mass is 239 g/mol. The number of nitrogens with one attached hydrogen (secondary N) is 1. The van der Waals surface area contributed by atoms with Gasteiger partial charge in [0.05, 0.1) is 5.69 Å². The number of aromatic carboxylic acids is 1. The van der Waals surface area contributed by atoms with Crippen molar-refractivity contribution in [3.63, 3.8) is 0 Å². The molecule has 0 fully saturated rings. The second-order valence-electron chi connectivity index (χ2n) is 3.69. The largest absolute Gasteiger partial charge is 0.481 e. The predicted octanol–water partition coefficient (Wildman–Crippen LogP) is 1.24. The smallest absolute Gasteiger partial charge is 0.352 e. The number of hydrogen-bond acceptors (Lipinski definition) is 3. The van der Waals surface area contributed by atoms with E-state index in [0.29, 0.717) is 30.3 Å². The highest BCUT2D eigenvalue weighted by molar-refractivity contribution is 5.90. The fourth-order valence-corrected chi connectivity index (χ4v) is 1.68. The lowest BCUT2D eigenvalue weighted by Crippen LogP contribution is -2.03. The molecule has 0 saturated carbocycles. The first-order chi connectivity index (χ1) is 7.97. The molecule has 0 bridgehead atoms. The van der Waals surface area contributed by atoms with Gasteiger partial charge in [-0.15, -0.1) is 0 Å². The van der Waals surface area contributed by atoms with Gasteiger partial charge in [-0.2, -0.15) is 0 Å². The molecule has 1 rings (SSSR count). The van der Waals surface area contributed by atoms with Crippen molar-refractivity contribution in [2.45, 2.75) is 26.2 Å². The molecular formula is C11H13NO5. The van der Waals surface area contributed by atoms with Crippen molar-refractivity contribution < 1.29 is 24.6 Å². The molecule has 0 unspecified atom stereocenters. The fourth-order valence-electron chi connectivity index (χ4n) is 1.68. The Balaban J connectivity index is 2.95. The Morgan fingerprint density at radius 2 is 2.00 bits per heavy atom. The number of carbonyl (C=O) groups is 3. The lowest BCUT2D eigenvalue weighted by Gasteiger charge is -2.01. The number of aromatic amines is 1. The summed E-state index contributed by atoms with van der Waals surface area (Å²) in [5, 5.41) is 17.5. The van der Waals surface area contributed by atoms with Gasteiger partial charge >= 0.3 is 11.9 Å². The molecule has 0 amide bonds. The van der Waals surface area contributed by atoms with E-state index in [9.17, 15) is 14.4 Å². The summed E-state index contributed by atoms with van der Waals surface area (Å²) in [6, 6.07) is 0. The third kappa shape index (κ3) is 2.93. The van der Waals surface area contributed by atoms with E-state index in [4.69, 9.17) is 10.2 Å². The Kier molecular flexibility index (Phi) is 4.03. The minimum Gasteiger partial charge on any atom is -0.481 e. The number of carbonyl (C=O) groups excluding carboxylic acids is 1. The highest BCUT2D eigenvalue weighted by Gasteiger charge is 2.18. The first-order valence-electron chi connectivity index (χ1n) is 5.09. The van der Waals surface area contributed by atoms with E-state index in [1.807, 2.05) is 0 Å². The van der Waals surface area contributed by atoms with Crippen LogP contribution in [-0.4, -0.2) is 33.4 Å². The molecule has 0 aliphatic carbocycles. The lowest BCUT2D eigenvalue weighted by atomic mass is 10.0. The predicted molar refractivity (Wildman–Crippen MR) is 58.5 cm³/mol. The lowest BCUT2D eigenvalue weighted by molar-refractivity contribution is -0.137. The number of carboxylic acid groups (broad SMARTS) is 2. The Bertz CT molecular complexity index is 461. The van der Waals surface area contributed by atoms with E-state index in [0.717, 1.165) is 0 Å². The third-order valence-electron chi connectivity index (χ3n) is 2.57. The molecule has 3 N–H and O–H groups in total. The Hall–Kier alpha value is -2.11. The number of carboxylic acids is 2. The number of aromatic nitrogens is 1. The second kappa shape index (κ2) is 5.29. The maximum Gasteiger partial charge on any atom is 0.352 e. The molecule has 0 atom stereocenters. The van der Waals surface area contributed by atoms with Crippen molar-refractivity contribution >= 4 is 18.2 Å². The summed E-state index contributed by atoms with van der Waals surface area (Å²) in [5.74, 6) is -2.07. The van der Waals surface area contributed by atoms with E-state index in [1.54, 1.807) is 6.92 Å². The molecule has 0 saturated heterocycles. The normalized spacial score (nSPS) is 10.2. The van der Waals surface area contributed by atoms with Crippen LogP contribution in [0.4, 0.5) is 0 Å². The number of aldehydes is 1. The van der Waals surface area contributed by atoms with E-state index < -0.39 is 11.9 Å². The molecule has 17 heavy (non-hydrogen) atoms. The first kappa shape index (κ1) is 13.0. The van der Waals surface area contributed by atoms with Crippen LogP contribution in [0.2, 0.25) is 0 Å². The van der Waals surface area contributed by atoms with Crippen molar-refractivity contribution in [3.05, 3.63) is 22.5 Å². The average Bonchev–Trinajstić information content (AvgIpc) is 2.56. The van der Waals surface area contributed by atoms with Gasteiger partial charge in [-0.3, -0.25) is 9.59 Å². The Labute approximate surface area is 97.3 Å². The third-order valence-corrected chi connectivity index (χ3v) is 2.57. The van der Waals surface area contributed by atoms with Crippen molar-refractivity contribution in [1.29, 1.82) is 0 Å². The van der Waals surface area contributed by atoms with Crippen LogP contribution >= 0.6 is 0 Å². The van der Waals surface area contributed by atoms with Gasteiger partial charge < -0.3 is 15.2 Å².